The van der Waals surface area contributed by atoms with Gasteiger partial charge in [-0.3, -0.25) is 9.36 Å². The molecule has 0 amide bonds. The topological polar surface area (TPSA) is 69.9 Å². The zero-order chi connectivity index (χ0) is 25.9. The highest BCUT2D eigenvalue weighted by Gasteiger charge is 2.33. The Balaban J connectivity index is 1.51. The molecule has 188 valence electrons. The number of benzene rings is 2. The summed E-state index contributed by atoms with van der Waals surface area (Å²) in [6, 6.07) is 16.8. The lowest BCUT2D eigenvalue weighted by atomic mass is 10.0. The summed E-state index contributed by atoms with van der Waals surface area (Å²) in [5.41, 5.74) is 2.33. The van der Waals surface area contributed by atoms with E-state index in [2.05, 4.69) is 4.99 Å². The molecule has 9 heteroatoms. The minimum Gasteiger partial charge on any atom is -0.489 e. The maximum atomic E-state index is 13.6. The first-order valence-electron chi connectivity index (χ1n) is 11.6. The molecule has 3 heterocycles. The average Bonchev–Trinajstić information content (AvgIpc) is 3.52. The smallest absolute Gasteiger partial charge is 0.338 e. The van der Waals surface area contributed by atoms with Gasteiger partial charge in [0, 0.05) is 4.88 Å². The molecule has 1 atom stereocenters. The van der Waals surface area contributed by atoms with E-state index < -0.39 is 12.0 Å². The largest absolute Gasteiger partial charge is 0.489 e. The second kappa shape index (κ2) is 10.7. The lowest BCUT2D eigenvalue weighted by Crippen LogP contribution is -2.39. The van der Waals surface area contributed by atoms with Crippen LogP contribution in [0.3, 0.4) is 0 Å². The molecule has 1 aliphatic heterocycles. The number of aromatic nitrogens is 1. The lowest BCUT2D eigenvalue weighted by molar-refractivity contribution is -0.139. The maximum Gasteiger partial charge on any atom is 0.338 e. The van der Waals surface area contributed by atoms with E-state index in [1.165, 1.54) is 34.8 Å². The number of carbonyl (C=O) groups excluding carboxylic acids is 1. The van der Waals surface area contributed by atoms with Crippen molar-refractivity contribution in [2.75, 3.05) is 6.61 Å². The number of nitrogens with zero attached hydrogens (tertiary/aromatic N) is 2. The van der Waals surface area contributed by atoms with Crippen LogP contribution in [0.15, 0.2) is 87.1 Å². The van der Waals surface area contributed by atoms with Gasteiger partial charge in [0.2, 0.25) is 0 Å². The summed E-state index contributed by atoms with van der Waals surface area (Å²) in [4.78, 5) is 32.5. The maximum absolute atomic E-state index is 13.6. The molecule has 6 nitrogen and oxygen atoms in total. The van der Waals surface area contributed by atoms with Gasteiger partial charge in [0.25, 0.3) is 5.56 Å². The predicted octanol–water partition coefficient (Wildman–Crippen LogP) is 4.58. The van der Waals surface area contributed by atoms with Crippen LogP contribution in [0.25, 0.3) is 6.08 Å². The van der Waals surface area contributed by atoms with Gasteiger partial charge in [0.15, 0.2) is 4.80 Å². The Kier molecular flexibility index (Phi) is 7.16. The lowest BCUT2D eigenvalue weighted by Gasteiger charge is -2.23. The van der Waals surface area contributed by atoms with Crippen LogP contribution in [0, 0.1) is 5.82 Å². The van der Waals surface area contributed by atoms with Crippen LogP contribution in [0.5, 0.6) is 5.75 Å². The highest BCUT2D eigenvalue weighted by Crippen LogP contribution is 2.33. The molecule has 0 saturated heterocycles. The number of thiazole rings is 1. The molecule has 2 aromatic heterocycles. The van der Waals surface area contributed by atoms with Crippen molar-refractivity contribution in [1.82, 2.24) is 4.57 Å². The minimum absolute atomic E-state index is 0.228. The van der Waals surface area contributed by atoms with Crippen LogP contribution in [0.4, 0.5) is 4.39 Å². The molecule has 0 bridgehead atoms. The Morgan fingerprint density at radius 2 is 1.97 bits per heavy atom. The number of hydrogen-bond acceptors (Lipinski definition) is 7. The number of halogens is 1. The Bertz CT molecular complexity index is 1650. The van der Waals surface area contributed by atoms with Crippen molar-refractivity contribution >= 4 is 34.7 Å². The summed E-state index contributed by atoms with van der Waals surface area (Å²) in [7, 11) is 0. The summed E-state index contributed by atoms with van der Waals surface area (Å²) >= 11 is 2.75. The second-order valence-electron chi connectivity index (χ2n) is 8.31. The molecular weight excluding hydrogens is 511 g/mol. The third-order valence-electron chi connectivity index (χ3n) is 5.80. The third kappa shape index (κ3) is 5.19. The second-order valence-corrected chi connectivity index (χ2v) is 10.3. The Morgan fingerprint density at radius 1 is 1.16 bits per heavy atom. The molecule has 0 fully saturated rings. The summed E-state index contributed by atoms with van der Waals surface area (Å²) < 4.78 is 26.4. The van der Waals surface area contributed by atoms with Crippen LogP contribution in [-0.4, -0.2) is 17.1 Å². The molecule has 37 heavy (non-hydrogen) atoms. The number of esters is 1. The molecule has 0 aliphatic carbocycles. The van der Waals surface area contributed by atoms with Crippen molar-refractivity contribution in [1.29, 1.82) is 0 Å². The van der Waals surface area contributed by atoms with Gasteiger partial charge in [0.1, 0.15) is 24.2 Å². The molecule has 5 rings (SSSR count). The van der Waals surface area contributed by atoms with Crippen molar-refractivity contribution < 1.29 is 18.7 Å². The summed E-state index contributed by atoms with van der Waals surface area (Å²) in [5.74, 6) is -0.136. The van der Waals surface area contributed by atoms with Crippen molar-refractivity contribution in [2.24, 2.45) is 4.99 Å². The molecule has 2 aromatic carbocycles. The fraction of sp³-hybridized carbons (Fsp3) is 0.179. The van der Waals surface area contributed by atoms with Crippen LogP contribution >= 0.6 is 22.7 Å². The van der Waals surface area contributed by atoms with E-state index >= 15 is 0 Å². The van der Waals surface area contributed by atoms with Crippen LogP contribution in [-0.2, 0) is 16.1 Å². The minimum atomic E-state index is -0.595. The molecule has 0 unspecified atom stereocenters. The summed E-state index contributed by atoms with van der Waals surface area (Å²) in [6.07, 6.45) is 1.80. The van der Waals surface area contributed by atoms with E-state index in [1.807, 2.05) is 41.8 Å². The van der Waals surface area contributed by atoms with E-state index in [0.29, 0.717) is 33.0 Å². The zero-order valence-electron chi connectivity index (χ0n) is 20.1. The number of rotatable bonds is 7. The fourth-order valence-electron chi connectivity index (χ4n) is 4.10. The first-order valence-corrected chi connectivity index (χ1v) is 13.3. The zero-order valence-corrected chi connectivity index (χ0v) is 21.8. The molecule has 0 spiro atoms. The van der Waals surface area contributed by atoms with E-state index in [0.717, 1.165) is 16.0 Å². The van der Waals surface area contributed by atoms with Gasteiger partial charge in [-0.05, 0) is 66.8 Å². The fourth-order valence-corrected chi connectivity index (χ4v) is 5.97. The quantitative estimate of drug-likeness (QED) is 0.326. The standard InChI is InChI=1S/C28H23FN2O4S2/c1-3-34-27(33)24-17(2)30-28-31(25(24)22-8-5-13-36-22)26(32)23(37-28)15-19-6-4-7-21(14-19)35-16-18-9-11-20(29)12-10-18/h4-15,25H,3,16H2,1-2H3/b23-15-/t25-/m1/s1. The number of thiophene rings is 1. The molecule has 0 saturated carbocycles. The van der Waals surface area contributed by atoms with Crippen molar-refractivity contribution in [3.05, 3.63) is 119 Å². The number of carbonyl (C=O) groups is 1. The van der Waals surface area contributed by atoms with Gasteiger partial charge in [-0.25, -0.2) is 14.2 Å². The normalized spacial score (nSPS) is 15.3. The van der Waals surface area contributed by atoms with Gasteiger partial charge >= 0.3 is 5.97 Å². The number of ether oxygens (including phenoxy) is 2. The highest BCUT2D eigenvalue weighted by molar-refractivity contribution is 7.10. The van der Waals surface area contributed by atoms with Crippen molar-refractivity contribution in [3.8, 4) is 5.75 Å². The molecule has 0 radical (unpaired) electrons. The first kappa shape index (κ1) is 24.9. The molecule has 1 aliphatic rings. The van der Waals surface area contributed by atoms with Crippen LogP contribution in [0.1, 0.15) is 35.9 Å². The van der Waals surface area contributed by atoms with Crippen molar-refractivity contribution in [2.45, 2.75) is 26.5 Å². The van der Waals surface area contributed by atoms with Gasteiger partial charge in [-0.15, -0.1) is 11.3 Å². The summed E-state index contributed by atoms with van der Waals surface area (Å²) in [6.45, 7) is 4.05. The number of allylic oxidation sites excluding steroid dienone is 1. The van der Waals surface area contributed by atoms with Gasteiger partial charge in [-0.1, -0.05) is 41.7 Å². The number of hydrogen-bond donors (Lipinski definition) is 0. The van der Waals surface area contributed by atoms with E-state index in [4.69, 9.17) is 9.47 Å². The highest BCUT2D eigenvalue weighted by atomic mass is 32.1. The Hall–Kier alpha value is -3.82. The van der Waals surface area contributed by atoms with Crippen LogP contribution < -0.4 is 19.6 Å². The van der Waals surface area contributed by atoms with E-state index in [9.17, 15) is 14.0 Å². The Morgan fingerprint density at radius 3 is 2.70 bits per heavy atom. The average molecular weight is 535 g/mol. The van der Waals surface area contributed by atoms with Crippen LogP contribution in [0.2, 0.25) is 0 Å². The third-order valence-corrected chi connectivity index (χ3v) is 7.71. The van der Waals surface area contributed by atoms with E-state index in [1.54, 1.807) is 36.6 Å². The first-order chi connectivity index (χ1) is 17.9. The van der Waals surface area contributed by atoms with Gasteiger partial charge in [0.05, 0.1) is 22.4 Å². The monoisotopic (exact) mass is 534 g/mol. The summed E-state index contributed by atoms with van der Waals surface area (Å²) in [5, 5.41) is 1.92. The predicted molar refractivity (Wildman–Crippen MR) is 142 cm³/mol. The molecule has 4 aromatic rings. The SMILES string of the molecule is CCOC(=O)C1=C(C)N=c2s/c(=C\c3cccc(OCc4ccc(F)cc4)c3)c(=O)n2[C@@H]1c1cccs1. The number of fused-ring (bicyclic) bond motifs is 1. The van der Waals surface area contributed by atoms with E-state index in [-0.39, 0.29) is 18.0 Å². The van der Waals surface area contributed by atoms with Gasteiger partial charge in [-0.2, -0.15) is 0 Å². The Labute approximate surface area is 220 Å². The molecular formula is C28H23FN2O4S2. The van der Waals surface area contributed by atoms with Gasteiger partial charge < -0.3 is 9.47 Å². The van der Waals surface area contributed by atoms with Crippen molar-refractivity contribution in [3.63, 3.8) is 0 Å². The molecule has 0 N–H and O–H groups in total.